The van der Waals surface area contributed by atoms with Gasteiger partial charge in [0.05, 0.1) is 15.6 Å². The minimum atomic E-state index is -0.851. The Morgan fingerprint density at radius 1 is 1.21 bits per heavy atom. The maximum Gasteiger partial charge on any atom is 0.410 e. The Balaban J connectivity index is 1.90. The van der Waals surface area contributed by atoms with Crippen LogP contribution in [0.25, 0.3) is 10.9 Å². The predicted molar refractivity (Wildman–Crippen MR) is 129 cm³/mol. The minimum Gasteiger partial charge on any atom is -0.444 e. The minimum absolute atomic E-state index is 0.184. The second-order valence-corrected chi connectivity index (χ2v) is 10.3. The van der Waals surface area contributed by atoms with Gasteiger partial charge in [0.15, 0.2) is 0 Å². The first-order valence-electron chi connectivity index (χ1n) is 10.8. The summed E-state index contributed by atoms with van der Waals surface area (Å²) in [5.74, 6) is -0.554. The van der Waals surface area contributed by atoms with Gasteiger partial charge in [-0.05, 0) is 51.8 Å². The van der Waals surface area contributed by atoms with Crippen molar-refractivity contribution in [1.29, 1.82) is 0 Å². The first-order valence-corrected chi connectivity index (χ1v) is 11.6. The highest BCUT2D eigenvalue weighted by atomic mass is 35.5. The van der Waals surface area contributed by atoms with Gasteiger partial charge in [0, 0.05) is 44.5 Å². The van der Waals surface area contributed by atoms with Crippen LogP contribution in [-0.2, 0) is 16.6 Å². The summed E-state index contributed by atoms with van der Waals surface area (Å²) in [6, 6.07) is 5.18. The summed E-state index contributed by atoms with van der Waals surface area (Å²) in [5.41, 5.74) is -0.326. The van der Waals surface area contributed by atoms with Crippen LogP contribution in [-0.4, -0.2) is 58.1 Å². The van der Waals surface area contributed by atoms with Crippen molar-refractivity contribution in [2.24, 2.45) is 7.05 Å². The molecule has 33 heavy (non-hydrogen) atoms. The molecule has 1 fully saturated rings. The van der Waals surface area contributed by atoms with Crippen LogP contribution in [0.4, 0.5) is 4.79 Å². The average molecular weight is 497 g/mol. The van der Waals surface area contributed by atoms with Crippen molar-refractivity contribution in [3.63, 3.8) is 0 Å². The quantitative estimate of drug-likeness (QED) is 0.665. The van der Waals surface area contributed by atoms with Crippen LogP contribution in [0.3, 0.4) is 0 Å². The van der Waals surface area contributed by atoms with Crippen LogP contribution < -0.4 is 10.6 Å². The molecule has 1 aromatic heterocycles. The number of halogens is 2. The van der Waals surface area contributed by atoms with E-state index in [4.69, 9.17) is 27.9 Å². The van der Waals surface area contributed by atoms with E-state index in [1.54, 1.807) is 55.5 Å². The molecule has 8 nitrogen and oxygen atoms in total. The van der Waals surface area contributed by atoms with Gasteiger partial charge < -0.3 is 24.8 Å². The van der Waals surface area contributed by atoms with Gasteiger partial charge in [-0.3, -0.25) is 9.59 Å². The second kappa shape index (κ2) is 9.43. The van der Waals surface area contributed by atoms with Crippen LogP contribution in [0.5, 0.6) is 0 Å². The lowest BCUT2D eigenvalue weighted by Gasteiger charge is -2.43. The summed E-state index contributed by atoms with van der Waals surface area (Å²) >= 11 is 12.5. The molecule has 1 aliphatic rings. The molecule has 0 spiro atoms. The molecular formula is C23H30Cl2N4O4. The van der Waals surface area contributed by atoms with Crippen LogP contribution in [0.2, 0.25) is 10.0 Å². The average Bonchev–Trinajstić information content (AvgIpc) is 3.05. The molecule has 1 atom stereocenters. The van der Waals surface area contributed by atoms with Crippen molar-refractivity contribution in [1.82, 2.24) is 20.1 Å². The highest BCUT2D eigenvalue weighted by Gasteiger charge is 2.40. The zero-order valence-corrected chi connectivity index (χ0v) is 21.1. The molecule has 3 amide bonds. The molecule has 0 radical (unpaired) electrons. The Bertz CT molecular complexity index is 1090. The molecule has 2 aromatic rings. The van der Waals surface area contributed by atoms with Crippen molar-refractivity contribution in [3.8, 4) is 0 Å². The Morgan fingerprint density at radius 2 is 1.91 bits per heavy atom. The molecule has 0 bridgehead atoms. The normalized spacial score (nSPS) is 18.8. The number of piperidine rings is 1. The molecular weight excluding hydrogens is 467 g/mol. The van der Waals surface area contributed by atoms with E-state index >= 15 is 0 Å². The number of rotatable bonds is 4. The van der Waals surface area contributed by atoms with Crippen molar-refractivity contribution in [3.05, 3.63) is 33.9 Å². The van der Waals surface area contributed by atoms with E-state index < -0.39 is 17.2 Å². The fraction of sp³-hybridized carbons (Fsp3) is 0.522. The number of amides is 3. The Hall–Kier alpha value is -2.45. The largest absolute Gasteiger partial charge is 0.444 e. The van der Waals surface area contributed by atoms with E-state index in [0.717, 1.165) is 5.52 Å². The number of hydrogen-bond acceptors (Lipinski definition) is 4. The molecule has 1 saturated heterocycles. The number of nitrogens with zero attached hydrogens (tertiary/aromatic N) is 2. The molecule has 1 aromatic carbocycles. The molecule has 180 valence electrons. The number of aromatic nitrogens is 1. The lowest BCUT2D eigenvalue weighted by Crippen LogP contribution is -2.64. The van der Waals surface area contributed by atoms with E-state index in [9.17, 15) is 14.4 Å². The summed E-state index contributed by atoms with van der Waals surface area (Å²) in [6.07, 6.45) is 0.791. The van der Waals surface area contributed by atoms with Crippen molar-refractivity contribution in [2.75, 3.05) is 19.6 Å². The molecule has 0 saturated carbocycles. The molecule has 10 heteroatoms. The lowest BCUT2D eigenvalue weighted by molar-refractivity contribution is -0.119. The first-order chi connectivity index (χ1) is 15.3. The fourth-order valence-corrected chi connectivity index (χ4v) is 4.45. The van der Waals surface area contributed by atoms with Crippen LogP contribution >= 0.6 is 23.2 Å². The van der Waals surface area contributed by atoms with E-state index in [-0.39, 0.29) is 24.9 Å². The topological polar surface area (TPSA) is 92.7 Å². The molecule has 1 aliphatic heterocycles. The van der Waals surface area contributed by atoms with Crippen LogP contribution in [0, 0.1) is 0 Å². The number of ether oxygens (including phenoxy) is 1. The highest BCUT2D eigenvalue weighted by Crippen LogP contribution is 2.33. The predicted octanol–water partition coefficient (Wildman–Crippen LogP) is 4.12. The standard InChI is InChI=1S/C23H30Cl2N4O4/c1-14(30)26-12-23(9-6-10-29(13-23)21(32)33-22(2,3)4)27-20(31)18-11-15-17(28(18)5)8-7-16(24)19(15)25/h7-8,11H,6,9-10,12-13H2,1-5H3,(H,26,30)(H,27,31). The fourth-order valence-electron chi connectivity index (χ4n) is 4.07. The van der Waals surface area contributed by atoms with Gasteiger partial charge in [-0.1, -0.05) is 23.2 Å². The van der Waals surface area contributed by atoms with Crippen molar-refractivity contribution >= 4 is 52.0 Å². The molecule has 1 unspecified atom stereocenters. The van der Waals surface area contributed by atoms with Crippen molar-refractivity contribution < 1.29 is 19.1 Å². The number of nitrogens with one attached hydrogen (secondary N) is 2. The van der Waals surface area contributed by atoms with Gasteiger partial charge >= 0.3 is 6.09 Å². The van der Waals surface area contributed by atoms with Gasteiger partial charge in [-0.2, -0.15) is 0 Å². The number of fused-ring (bicyclic) bond motifs is 1. The number of likely N-dealkylation sites (tertiary alicyclic amines) is 1. The Morgan fingerprint density at radius 3 is 2.55 bits per heavy atom. The SMILES string of the molecule is CC(=O)NCC1(NC(=O)c2cc3c(Cl)c(Cl)ccc3n2C)CCCN(C(=O)OC(C)(C)C)C1. The van der Waals surface area contributed by atoms with E-state index in [1.165, 1.54) is 6.92 Å². The number of aryl methyl sites for hydroxylation is 1. The van der Waals surface area contributed by atoms with Crippen LogP contribution in [0.15, 0.2) is 18.2 Å². The Labute approximate surface area is 203 Å². The maximum absolute atomic E-state index is 13.4. The third-order valence-electron chi connectivity index (χ3n) is 5.63. The second-order valence-electron chi connectivity index (χ2n) is 9.53. The van der Waals surface area contributed by atoms with Gasteiger partial charge in [-0.15, -0.1) is 0 Å². The number of carbonyl (C=O) groups is 3. The third-order valence-corrected chi connectivity index (χ3v) is 6.45. The summed E-state index contributed by atoms with van der Waals surface area (Å²) in [5, 5.41) is 7.35. The van der Waals surface area contributed by atoms with E-state index in [1.807, 2.05) is 0 Å². The summed E-state index contributed by atoms with van der Waals surface area (Å²) in [4.78, 5) is 39.4. The summed E-state index contributed by atoms with van der Waals surface area (Å²) in [7, 11) is 1.77. The van der Waals surface area contributed by atoms with Gasteiger partial charge in [0.2, 0.25) is 5.91 Å². The lowest BCUT2D eigenvalue weighted by atomic mass is 9.88. The van der Waals surface area contributed by atoms with E-state index in [0.29, 0.717) is 40.5 Å². The number of benzene rings is 1. The van der Waals surface area contributed by atoms with Crippen molar-refractivity contribution in [2.45, 2.75) is 51.7 Å². The monoisotopic (exact) mass is 496 g/mol. The number of hydrogen-bond donors (Lipinski definition) is 2. The summed E-state index contributed by atoms with van der Waals surface area (Å²) < 4.78 is 7.27. The smallest absolute Gasteiger partial charge is 0.410 e. The van der Waals surface area contributed by atoms with Gasteiger partial charge in [-0.25, -0.2) is 4.79 Å². The molecule has 0 aliphatic carbocycles. The van der Waals surface area contributed by atoms with Gasteiger partial charge in [0.1, 0.15) is 11.3 Å². The first kappa shape index (κ1) is 25.2. The maximum atomic E-state index is 13.4. The molecule has 3 rings (SSSR count). The summed E-state index contributed by atoms with van der Waals surface area (Å²) in [6.45, 7) is 7.73. The zero-order valence-electron chi connectivity index (χ0n) is 19.6. The number of carbonyl (C=O) groups excluding carboxylic acids is 3. The third kappa shape index (κ3) is 5.73. The van der Waals surface area contributed by atoms with E-state index in [2.05, 4.69) is 10.6 Å². The Kier molecular flexibility index (Phi) is 7.19. The van der Waals surface area contributed by atoms with Crippen LogP contribution in [0.1, 0.15) is 51.0 Å². The van der Waals surface area contributed by atoms with Gasteiger partial charge in [0.25, 0.3) is 5.91 Å². The molecule has 2 N–H and O–H groups in total. The highest BCUT2D eigenvalue weighted by molar-refractivity contribution is 6.45. The molecule has 2 heterocycles. The zero-order chi connectivity index (χ0) is 24.6.